The molecule has 0 spiro atoms. The molecule has 0 unspecified atom stereocenters. The number of carbonyl (C=O) groups is 3. The minimum atomic E-state index is -1.47. The van der Waals surface area contributed by atoms with Gasteiger partial charge in [0.1, 0.15) is 36.5 Å². The van der Waals surface area contributed by atoms with Crippen molar-refractivity contribution in [1.29, 1.82) is 0 Å². The van der Waals surface area contributed by atoms with Gasteiger partial charge in [-0.25, -0.2) is 9.55 Å². The van der Waals surface area contributed by atoms with Crippen molar-refractivity contribution in [2.45, 2.75) is 24.9 Å². The second kappa shape index (κ2) is 9.99. The zero-order valence-corrected chi connectivity index (χ0v) is 21.5. The maximum Gasteiger partial charge on any atom is 0.307 e. The molecule has 16 heteroatoms. The molecule has 1 saturated heterocycles. The fourth-order valence-corrected chi connectivity index (χ4v) is 6.06. The van der Waals surface area contributed by atoms with E-state index in [0.29, 0.717) is 22.1 Å². The molecule has 2 atom stereocenters. The average molecular weight is 563 g/mol. The third-order valence-corrected chi connectivity index (χ3v) is 7.86. The van der Waals surface area contributed by atoms with E-state index >= 15 is 0 Å². The Morgan fingerprint density at radius 2 is 2.24 bits per heavy atom. The Hall–Kier alpha value is -3.69. The van der Waals surface area contributed by atoms with Gasteiger partial charge in [-0.3, -0.25) is 14.5 Å². The smallest absolute Gasteiger partial charge is 0.307 e. The van der Waals surface area contributed by atoms with Crippen molar-refractivity contribution in [3.05, 3.63) is 52.0 Å². The lowest BCUT2D eigenvalue weighted by molar-refractivity contribution is -0.662. The zero-order chi connectivity index (χ0) is 26.3. The number of imidazole rings is 1. The molecule has 3 aromatic rings. The SMILES string of the molecule is CCO/N=C(/C(=O)N[C@@H]1C(=O)N2C(C(=O)[O-])=C(C[n+]3ccn4nc(Cl)ccc43)CS[C@H]12)c1csc(N)n1. The molecule has 2 aliphatic rings. The number of hydrogen-bond donors (Lipinski definition) is 2. The van der Waals surface area contributed by atoms with Crippen LogP contribution in [0.15, 0.2) is 46.3 Å². The van der Waals surface area contributed by atoms with Gasteiger partial charge in [0.05, 0.1) is 11.7 Å². The van der Waals surface area contributed by atoms with Crippen molar-refractivity contribution in [3.63, 3.8) is 0 Å². The summed E-state index contributed by atoms with van der Waals surface area (Å²) >= 11 is 8.40. The maximum absolute atomic E-state index is 13.1. The van der Waals surface area contributed by atoms with Crippen LogP contribution < -0.4 is 20.7 Å². The average Bonchev–Trinajstić information content (AvgIpc) is 3.47. The highest BCUT2D eigenvalue weighted by Gasteiger charge is 2.53. The van der Waals surface area contributed by atoms with Gasteiger partial charge >= 0.3 is 5.65 Å². The number of oxime groups is 1. The number of nitrogens with one attached hydrogen (secondary N) is 1. The summed E-state index contributed by atoms with van der Waals surface area (Å²) in [5.41, 5.74) is 6.71. The number of anilines is 1. The second-order valence-electron chi connectivity index (χ2n) is 7.91. The Balaban J connectivity index is 1.37. The van der Waals surface area contributed by atoms with Crippen LogP contribution >= 0.6 is 34.7 Å². The number of aromatic nitrogens is 4. The van der Waals surface area contributed by atoms with E-state index in [9.17, 15) is 19.5 Å². The van der Waals surface area contributed by atoms with E-state index in [1.165, 1.54) is 11.8 Å². The molecule has 13 nitrogen and oxygen atoms in total. The summed E-state index contributed by atoms with van der Waals surface area (Å²) in [6.45, 7) is 2.11. The van der Waals surface area contributed by atoms with E-state index in [4.69, 9.17) is 22.2 Å². The van der Waals surface area contributed by atoms with Crippen molar-refractivity contribution in [2.24, 2.45) is 5.16 Å². The molecule has 1 fully saturated rings. The Labute approximate surface area is 222 Å². The molecular formula is C21H19ClN8O5S2. The Bertz CT molecular complexity index is 1480. The number of β-lactam (4-membered cyclic amide) rings is 1. The molecule has 0 aromatic carbocycles. The number of nitrogens with two attached hydrogens (primary N) is 1. The zero-order valence-electron chi connectivity index (χ0n) is 19.2. The Morgan fingerprint density at radius 1 is 1.43 bits per heavy atom. The predicted octanol–water partition coefficient (Wildman–Crippen LogP) is -0.841. The van der Waals surface area contributed by atoms with E-state index in [0.717, 1.165) is 16.2 Å². The standard InChI is InChI=1S/C21H19ClN8O5S2/c1-2-35-27-14(11-9-37-21(23)24-11)17(31)25-15-18(32)30-16(20(33)34)10(8-36-19(15)30)7-28-5-6-29-13(28)4-3-12(22)26-29/h3-6,9,15,19H,2,7-8H2,1H3,(H3-,23,24,25,31,33,34)/b27-14+/t15-,19-/m1/s1. The quantitative estimate of drug-likeness (QED) is 0.154. The fourth-order valence-electron chi connectivity index (χ4n) is 4.04. The highest BCUT2D eigenvalue weighted by atomic mass is 35.5. The van der Waals surface area contributed by atoms with Gasteiger partial charge in [-0.15, -0.1) is 23.1 Å². The summed E-state index contributed by atoms with van der Waals surface area (Å²) in [4.78, 5) is 48.4. The normalized spacial score (nSPS) is 19.6. The number of rotatable bonds is 8. The molecule has 37 heavy (non-hydrogen) atoms. The van der Waals surface area contributed by atoms with E-state index in [1.54, 1.807) is 45.9 Å². The number of aliphatic carboxylic acids is 1. The first-order valence-electron chi connectivity index (χ1n) is 10.9. The van der Waals surface area contributed by atoms with Crippen LogP contribution in [0.3, 0.4) is 0 Å². The summed E-state index contributed by atoms with van der Waals surface area (Å²) in [6.07, 6.45) is 3.43. The number of nitrogen functional groups attached to an aromatic ring is 1. The molecule has 2 aliphatic heterocycles. The van der Waals surface area contributed by atoms with Gasteiger partial charge in [0.15, 0.2) is 22.2 Å². The van der Waals surface area contributed by atoms with Gasteiger partial charge in [0, 0.05) is 22.8 Å². The predicted molar refractivity (Wildman–Crippen MR) is 132 cm³/mol. The van der Waals surface area contributed by atoms with Gasteiger partial charge in [-0.2, -0.15) is 0 Å². The third kappa shape index (κ3) is 4.60. The number of thioether (sulfide) groups is 1. The van der Waals surface area contributed by atoms with Crippen LogP contribution in [0.1, 0.15) is 12.6 Å². The van der Waals surface area contributed by atoms with E-state index in [-0.39, 0.29) is 35.4 Å². The number of carboxylic acid groups (broad SMARTS) is 1. The highest BCUT2D eigenvalue weighted by Crippen LogP contribution is 2.40. The van der Waals surface area contributed by atoms with E-state index < -0.39 is 29.2 Å². The van der Waals surface area contributed by atoms with Crippen LogP contribution in [-0.4, -0.2) is 66.8 Å². The topological polar surface area (TPSA) is 171 Å². The minimum Gasteiger partial charge on any atom is -0.543 e. The van der Waals surface area contributed by atoms with E-state index in [1.807, 2.05) is 0 Å². The first kappa shape index (κ1) is 25.0. The second-order valence-corrected chi connectivity index (χ2v) is 10.3. The molecule has 0 radical (unpaired) electrons. The van der Waals surface area contributed by atoms with Crippen molar-refractivity contribution in [1.82, 2.24) is 24.8 Å². The molecule has 5 rings (SSSR count). The first-order chi connectivity index (χ1) is 17.8. The van der Waals surface area contributed by atoms with Gasteiger partial charge in [0.25, 0.3) is 11.8 Å². The van der Waals surface area contributed by atoms with Crippen molar-refractivity contribution in [2.75, 3.05) is 18.1 Å². The van der Waals surface area contributed by atoms with Gasteiger partial charge in [0.2, 0.25) is 0 Å². The summed E-state index contributed by atoms with van der Waals surface area (Å²) in [6, 6.07) is 2.42. The number of carbonyl (C=O) groups excluding carboxylic acids is 3. The molecule has 0 aliphatic carbocycles. The number of thiazole rings is 1. The number of hydrogen-bond acceptors (Lipinski definition) is 11. The molecule has 0 bridgehead atoms. The minimum absolute atomic E-state index is 0.135. The largest absolute Gasteiger partial charge is 0.543 e. The lowest BCUT2D eigenvalue weighted by Crippen LogP contribution is -2.71. The molecule has 3 N–H and O–H groups in total. The number of amides is 2. The Morgan fingerprint density at radius 3 is 2.95 bits per heavy atom. The monoisotopic (exact) mass is 562 g/mol. The molecule has 0 saturated carbocycles. The lowest BCUT2D eigenvalue weighted by Gasteiger charge is -2.50. The number of nitrogens with zero attached hydrogens (tertiary/aromatic N) is 6. The molecule has 2 amide bonds. The van der Waals surface area contributed by atoms with E-state index in [2.05, 4.69) is 20.6 Å². The molecular weight excluding hydrogens is 544 g/mol. The lowest BCUT2D eigenvalue weighted by atomic mass is 10.0. The summed E-state index contributed by atoms with van der Waals surface area (Å²) in [7, 11) is 0. The van der Waals surface area contributed by atoms with Gasteiger partial charge in [-0.05, 0) is 13.0 Å². The number of carboxylic acids is 1. The van der Waals surface area contributed by atoms with Crippen LogP contribution in [-0.2, 0) is 25.8 Å². The molecule has 3 aromatic heterocycles. The third-order valence-electron chi connectivity index (χ3n) is 5.64. The fraction of sp³-hybridized carbons (Fsp3) is 0.286. The van der Waals surface area contributed by atoms with Crippen LogP contribution in [0.25, 0.3) is 5.65 Å². The summed E-state index contributed by atoms with van der Waals surface area (Å²) in [5, 5.41) is 24.2. The van der Waals surface area contributed by atoms with Crippen LogP contribution in [0, 0.1) is 0 Å². The summed E-state index contributed by atoms with van der Waals surface area (Å²) < 4.78 is 3.36. The van der Waals surface area contributed by atoms with Crippen LogP contribution in [0.2, 0.25) is 5.15 Å². The van der Waals surface area contributed by atoms with Crippen molar-refractivity contribution < 1.29 is 28.9 Å². The molecule has 192 valence electrons. The van der Waals surface area contributed by atoms with Crippen molar-refractivity contribution in [3.8, 4) is 0 Å². The van der Waals surface area contributed by atoms with Crippen LogP contribution in [0.4, 0.5) is 5.13 Å². The highest BCUT2D eigenvalue weighted by molar-refractivity contribution is 8.00. The van der Waals surface area contributed by atoms with Gasteiger partial charge in [-0.1, -0.05) is 26.4 Å². The number of fused-ring (bicyclic) bond motifs is 2. The summed E-state index contributed by atoms with van der Waals surface area (Å²) in [5.74, 6) is -2.43. The van der Waals surface area contributed by atoms with Crippen LogP contribution in [0.5, 0.6) is 0 Å². The molecule has 5 heterocycles. The number of halogens is 1. The first-order valence-corrected chi connectivity index (χ1v) is 13.2. The van der Waals surface area contributed by atoms with Crippen molar-refractivity contribution >= 4 is 69.0 Å². The maximum atomic E-state index is 13.1. The Kier molecular flexibility index (Phi) is 6.74. The van der Waals surface area contributed by atoms with Gasteiger partial charge < -0.3 is 25.8 Å².